The Morgan fingerprint density at radius 1 is 1.02 bits per heavy atom. The molecule has 1 aromatic heterocycles. The van der Waals surface area contributed by atoms with Gasteiger partial charge in [-0.05, 0) is 86.8 Å². The average molecular weight is 609 g/mol. The Balaban J connectivity index is 1.69. The van der Waals surface area contributed by atoms with Crippen molar-refractivity contribution in [3.63, 3.8) is 0 Å². The first kappa shape index (κ1) is 30.7. The fourth-order valence-electron chi connectivity index (χ4n) is 4.05. The molecule has 3 aromatic carbocycles. The number of nitrogens with one attached hydrogen (secondary N) is 2. The minimum atomic E-state index is -4.48. The summed E-state index contributed by atoms with van der Waals surface area (Å²) in [5.74, 6) is -1.14. The molecule has 1 heterocycles. The standard InChI is InChI=1S/C31H30ClFN4O4S/c1-20-10-15-25(27(33)16-20)28-26(22-11-13-23(32)14-12-22)17-21(18-35-28)19-36-29(34)37(30(38)41-31(2,3)4)42(39,40)24-8-6-5-7-9-24/h5-18H,19H2,1-4H3,(H2,34,36). The van der Waals surface area contributed by atoms with Gasteiger partial charge in [-0.15, -0.1) is 4.31 Å². The molecule has 0 atom stereocenters. The molecule has 0 saturated carbocycles. The zero-order chi connectivity index (χ0) is 30.7. The number of hydrogen-bond acceptors (Lipinski definition) is 6. The first-order valence-electron chi connectivity index (χ1n) is 12.9. The summed E-state index contributed by atoms with van der Waals surface area (Å²) in [6, 6.07) is 20.9. The van der Waals surface area contributed by atoms with Crippen LogP contribution >= 0.6 is 11.6 Å². The lowest BCUT2D eigenvalue weighted by Gasteiger charge is -2.27. The Morgan fingerprint density at radius 3 is 2.31 bits per heavy atom. The highest BCUT2D eigenvalue weighted by Gasteiger charge is 2.36. The van der Waals surface area contributed by atoms with E-state index >= 15 is 0 Å². The van der Waals surface area contributed by atoms with E-state index in [0.29, 0.717) is 27.4 Å². The molecule has 0 fully saturated rings. The van der Waals surface area contributed by atoms with E-state index in [2.05, 4.69) is 10.3 Å². The second-order valence-electron chi connectivity index (χ2n) is 10.5. The van der Waals surface area contributed by atoms with Gasteiger partial charge in [-0.3, -0.25) is 10.4 Å². The number of rotatable bonds is 6. The van der Waals surface area contributed by atoms with E-state index in [1.165, 1.54) is 36.5 Å². The van der Waals surface area contributed by atoms with Crippen LogP contribution < -0.4 is 5.32 Å². The maximum Gasteiger partial charge on any atom is 0.431 e. The van der Waals surface area contributed by atoms with Crippen LogP contribution in [0.2, 0.25) is 5.02 Å². The zero-order valence-electron chi connectivity index (χ0n) is 23.5. The molecule has 4 aromatic rings. The largest absolute Gasteiger partial charge is 0.443 e. The van der Waals surface area contributed by atoms with Gasteiger partial charge in [-0.25, -0.2) is 17.6 Å². The van der Waals surface area contributed by atoms with Crippen LogP contribution in [0.15, 0.2) is 90.0 Å². The molecule has 0 bridgehead atoms. The van der Waals surface area contributed by atoms with Gasteiger partial charge in [0.1, 0.15) is 11.4 Å². The van der Waals surface area contributed by atoms with Crippen molar-refractivity contribution in [3.8, 4) is 22.4 Å². The third-order valence-corrected chi connectivity index (χ3v) is 7.92. The van der Waals surface area contributed by atoms with Crippen molar-refractivity contribution >= 4 is 33.7 Å². The van der Waals surface area contributed by atoms with Crippen molar-refractivity contribution in [1.82, 2.24) is 14.6 Å². The van der Waals surface area contributed by atoms with Crippen molar-refractivity contribution in [2.45, 2.75) is 44.7 Å². The molecule has 4 rings (SSSR count). The van der Waals surface area contributed by atoms with E-state index < -0.39 is 33.5 Å². The highest BCUT2D eigenvalue weighted by Crippen LogP contribution is 2.33. The maximum atomic E-state index is 15.0. The molecule has 8 nitrogen and oxygen atoms in total. The molecule has 218 valence electrons. The van der Waals surface area contributed by atoms with Crippen LogP contribution in [0.3, 0.4) is 0 Å². The molecule has 0 radical (unpaired) electrons. The maximum absolute atomic E-state index is 15.0. The van der Waals surface area contributed by atoms with Crippen LogP contribution in [-0.2, 0) is 21.3 Å². The summed E-state index contributed by atoms with van der Waals surface area (Å²) < 4.78 is 47.4. The predicted octanol–water partition coefficient (Wildman–Crippen LogP) is 7.17. The van der Waals surface area contributed by atoms with Crippen molar-refractivity contribution in [2.24, 2.45) is 0 Å². The predicted molar refractivity (Wildman–Crippen MR) is 161 cm³/mol. The number of pyridine rings is 1. The van der Waals surface area contributed by atoms with Gasteiger partial charge in [0, 0.05) is 28.9 Å². The van der Waals surface area contributed by atoms with E-state index in [4.69, 9.17) is 21.7 Å². The Bertz CT molecular complexity index is 1720. The van der Waals surface area contributed by atoms with Crippen molar-refractivity contribution < 1.29 is 22.3 Å². The lowest BCUT2D eigenvalue weighted by molar-refractivity contribution is 0.0460. The highest BCUT2D eigenvalue weighted by molar-refractivity contribution is 7.90. The second kappa shape index (κ2) is 12.3. The number of ether oxygens (including phenoxy) is 1. The van der Waals surface area contributed by atoms with Crippen LogP contribution in [-0.4, -0.2) is 35.4 Å². The molecule has 11 heteroatoms. The van der Waals surface area contributed by atoms with Gasteiger partial charge in [-0.2, -0.15) is 0 Å². The fraction of sp³-hybridized carbons (Fsp3) is 0.194. The molecule has 0 spiro atoms. The van der Waals surface area contributed by atoms with Gasteiger partial charge >= 0.3 is 6.09 Å². The third-order valence-electron chi connectivity index (χ3n) is 5.98. The van der Waals surface area contributed by atoms with Crippen molar-refractivity contribution in [1.29, 1.82) is 5.41 Å². The number of guanidine groups is 1. The van der Waals surface area contributed by atoms with E-state index in [-0.39, 0.29) is 15.7 Å². The molecule has 0 aliphatic rings. The highest BCUT2D eigenvalue weighted by atomic mass is 35.5. The molecule has 42 heavy (non-hydrogen) atoms. The lowest BCUT2D eigenvalue weighted by Crippen LogP contribution is -2.49. The number of halogens is 2. The summed E-state index contributed by atoms with van der Waals surface area (Å²) in [5, 5.41) is 11.8. The van der Waals surface area contributed by atoms with Crippen LogP contribution in [0, 0.1) is 18.2 Å². The Kier molecular flexibility index (Phi) is 8.98. The smallest absolute Gasteiger partial charge is 0.431 e. The van der Waals surface area contributed by atoms with E-state index in [1.54, 1.807) is 76.2 Å². The quantitative estimate of drug-likeness (QED) is 0.177. The molecule has 0 aliphatic carbocycles. The van der Waals surface area contributed by atoms with Crippen molar-refractivity contribution in [3.05, 3.63) is 107 Å². The summed E-state index contributed by atoms with van der Waals surface area (Å²) in [4.78, 5) is 17.4. The Labute approximate surface area is 249 Å². The number of sulfonamides is 1. The summed E-state index contributed by atoms with van der Waals surface area (Å²) >= 11 is 6.09. The summed E-state index contributed by atoms with van der Waals surface area (Å²) in [7, 11) is -4.48. The minimum Gasteiger partial charge on any atom is -0.443 e. The monoisotopic (exact) mass is 608 g/mol. The van der Waals surface area contributed by atoms with E-state index in [9.17, 15) is 17.6 Å². The molecule has 2 N–H and O–H groups in total. The number of aromatic nitrogens is 1. The number of carbonyl (C=O) groups is 1. The first-order chi connectivity index (χ1) is 19.8. The van der Waals surface area contributed by atoms with Crippen LogP contribution in [0.25, 0.3) is 22.4 Å². The van der Waals surface area contributed by atoms with Gasteiger partial charge in [-0.1, -0.05) is 48.0 Å². The number of benzene rings is 3. The number of carbonyl (C=O) groups excluding carboxylic acids is 1. The van der Waals surface area contributed by atoms with Crippen LogP contribution in [0.5, 0.6) is 0 Å². The molecule has 0 aliphatic heterocycles. The number of hydrogen-bond donors (Lipinski definition) is 2. The molecular weight excluding hydrogens is 579 g/mol. The second-order valence-corrected chi connectivity index (χ2v) is 12.7. The molecule has 0 unspecified atom stereocenters. The number of aryl methyl sites for hydroxylation is 1. The van der Waals surface area contributed by atoms with Gasteiger partial charge in [0.2, 0.25) is 5.96 Å². The lowest BCUT2D eigenvalue weighted by atomic mass is 9.97. The van der Waals surface area contributed by atoms with E-state index in [0.717, 1.165) is 11.1 Å². The van der Waals surface area contributed by atoms with E-state index in [1.807, 2.05) is 0 Å². The summed E-state index contributed by atoms with van der Waals surface area (Å²) in [6.45, 7) is 6.50. The zero-order valence-corrected chi connectivity index (χ0v) is 25.1. The number of amides is 1. The summed E-state index contributed by atoms with van der Waals surface area (Å²) in [5.41, 5.74) is 2.33. The molecular formula is C31H30ClFN4O4S. The summed E-state index contributed by atoms with van der Waals surface area (Å²) in [6.07, 6.45) is 0.270. The van der Waals surface area contributed by atoms with Gasteiger partial charge in [0.25, 0.3) is 10.0 Å². The normalized spacial score (nSPS) is 11.6. The van der Waals surface area contributed by atoms with Gasteiger partial charge in [0.15, 0.2) is 0 Å². The first-order valence-corrected chi connectivity index (χ1v) is 14.8. The Hall–Kier alpha value is -4.28. The van der Waals surface area contributed by atoms with Gasteiger partial charge < -0.3 is 10.1 Å². The van der Waals surface area contributed by atoms with Crippen molar-refractivity contribution in [2.75, 3.05) is 0 Å². The number of nitrogens with zero attached hydrogens (tertiary/aromatic N) is 2. The third kappa shape index (κ3) is 7.13. The average Bonchev–Trinajstić information content (AvgIpc) is 2.92. The topological polar surface area (TPSA) is 112 Å². The molecule has 0 saturated heterocycles. The SMILES string of the molecule is Cc1ccc(-c2ncc(CNC(=N)N(C(=O)OC(C)(C)C)S(=O)(=O)c3ccccc3)cc2-c2ccc(Cl)cc2)c(F)c1. The Morgan fingerprint density at radius 2 is 1.69 bits per heavy atom. The van der Waals surface area contributed by atoms with Gasteiger partial charge in [0.05, 0.1) is 10.6 Å². The minimum absolute atomic E-state index is 0.0767. The van der Waals surface area contributed by atoms with Crippen LogP contribution in [0.4, 0.5) is 9.18 Å². The fourth-order valence-corrected chi connectivity index (χ4v) is 5.43. The van der Waals surface area contributed by atoms with Crippen LogP contribution in [0.1, 0.15) is 31.9 Å². The molecule has 1 amide bonds.